The molecule has 2 atom stereocenters. The molecule has 1 aliphatic carbocycles. The van der Waals surface area contributed by atoms with E-state index < -0.39 is 9.84 Å². The summed E-state index contributed by atoms with van der Waals surface area (Å²) in [5.74, 6) is 2.88. The summed E-state index contributed by atoms with van der Waals surface area (Å²) in [6.07, 6.45) is 12.5. The van der Waals surface area contributed by atoms with Crippen molar-refractivity contribution in [3.05, 3.63) is 34.4 Å². The number of halogens is 1. The zero-order valence-electron chi connectivity index (χ0n) is 17.7. The number of sulfone groups is 1. The molecule has 1 saturated carbocycles. The third-order valence-electron chi connectivity index (χ3n) is 5.66. The van der Waals surface area contributed by atoms with Crippen LogP contribution in [-0.4, -0.2) is 51.8 Å². The summed E-state index contributed by atoms with van der Waals surface area (Å²) in [5, 5.41) is 0.624. The van der Waals surface area contributed by atoms with Crippen LogP contribution >= 0.6 is 11.6 Å². The first-order valence-corrected chi connectivity index (χ1v) is 12.5. The van der Waals surface area contributed by atoms with Crippen molar-refractivity contribution in [1.82, 2.24) is 4.90 Å². The van der Waals surface area contributed by atoms with Crippen LogP contribution in [0.4, 0.5) is 0 Å². The van der Waals surface area contributed by atoms with Crippen LogP contribution in [0.15, 0.2) is 39.4 Å². The Bertz CT molecular complexity index is 762. The summed E-state index contributed by atoms with van der Waals surface area (Å²) in [5.41, 5.74) is 6.03. The fourth-order valence-corrected chi connectivity index (χ4v) is 4.78. The van der Waals surface area contributed by atoms with Gasteiger partial charge in [-0.1, -0.05) is 23.8 Å². The van der Waals surface area contributed by atoms with Crippen molar-refractivity contribution in [3.63, 3.8) is 0 Å². The lowest BCUT2D eigenvalue weighted by Crippen LogP contribution is -2.43. The Labute approximate surface area is 180 Å². The summed E-state index contributed by atoms with van der Waals surface area (Å²) in [6, 6.07) is 0. The van der Waals surface area contributed by atoms with E-state index in [9.17, 15) is 8.42 Å². The van der Waals surface area contributed by atoms with Gasteiger partial charge in [0.25, 0.3) is 0 Å². The van der Waals surface area contributed by atoms with Gasteiger partial charge in [0, 0.05) is 37.2 Å². The first-order valence-electron chi connectivity index (χ1n) is 10.2. The Morgan fingerprint density at radius 1 is 1.34 bits per heavy atom. The fraction of sp³-hybridized carbons (Fsp3) is 0.667. The van der Waals surface area contributed by atoms with E-state index in [2.05, 4.69) is 9.89 Å². The topological polar surface area (TPSA) is 85.0 Å². The number of nitrogens with zero attached hydrogens (tertiary/aromatic N) is 2. The van der Waals surface area contributed by atoms with Gasteiger partial charge in [-0.15, -0.1) is 0 Å². The molecule has 29 heavy (non-hydrogen) atoms. The number of allylic oxidation sites excluding steroid dienone is 3. The van der Waals surface area contributed by atoms with Gasteiger partial charge in [0.2, 0.25) is 0 Å². The molecular weight excluding hydrogens is 410 g/mol. The highest BCUT2D eigenvalue weighted by Crippen LogP contribution is 2.49. The summed E-state index contributed by atoms with van der Waals surface area (Å²) < 4.78 is 28.7. The van der Waals surface area contributed by atoms with E-state index in [-0.39, 0.29) is 0 Å². The average molecular weight is 444 g/mol. The number of likely N-dealkylation sites (tertiary alicyclic amines) is 1. The highest BCUT2D eigenvalue weighted by molar-refractivity contribution is 7.94. The van der Waals surface area contributed by atoms with Gasteiger partial charge in [0.1, 0.15) is 0 Å². The maximum Gasteiger partial charge on any atom is 0.195 e. The molecule has 8 heteroatoms. The minimum absolute atomic E-state index is 0.328. The van der Waals surface area contributed by atoms with E-state index >= 15 is 0 Å². The van der Waals surface area contributed by atoms with Gasteiger partial charge < -0.3 is 15.4 Å². The molecule has 2 fully saturated rings. The van der Waals surface area contributed by atoms with Crippen LogP contribution in [0.2, 0.25) is 0 Å². The smallest absolute Gasteiger partial charge is 0.195 e. The van der Waals surface area contributed by atoms with E-state index in [0.29, 0.717) is 22.5 Å². The maximum absolute atomic E-state index is 11.5. The first-order chi connectivity index (χ1) is 13.7. The average Bonchev–Trinajstić information content (AvgIpc) is 3.44. The van der Waals surface area contributed by atoms with E-state index in [0.717, 1.165) is 56.7 Å². The molecule has 1 heterocycles. The van der Waals surface area contributed by atoms with Crippen LogP contribution in [0.5, 0.6) is 0 Å². The third-order valence-corrected chi connectivity index (χ3v) is 6.99. The van der Waals surface area contributed by atoms with E-state index in [4.69, 9.17) is 22.1 Å². The molecule has 6 nitrogen and oxygen atoms in total. The minimum atomic E-state index is -3.16. The molecule has 1 aliphatic heterocycles. The Balaban J connectivity index is 1.62. The van der Waals surface area contributed by atoms with Gasteiger partial charge in [-0.05, 0) is 63.4 Å². The molecule has 0 radical (unpaired) electrons. The van der Waals surface area contributed by atoms with Crippen LogP contribution in [0.3, 0.4) is 0 Å². The molecule has 2 rings (SSSR count). The van der Waals surface area contributed by atoms with Crippen molar-refractivity contribution < 1.29 is 13.2 Å². The van der Waals surface area contributed by atoms with Crippen LogP contribution < -0.4 is 5.73 Å². The predicted molar refractivity (Wildman–Crippen MR) is 120 cm³/mol. The van der Waals surface area contributed by atoms with Crippen molar-refractivity contribution in [2.24, 2.45) is 28.5 Å². The van der Waals surface area contributed by atoms with Gasteiger partial charge in [0.15, 0.2) is 15.8 Å². The van der Waals surface area contributed by atoms with E-state index in [1.54, 1.807) is 38.3 Å². The van der Waals surface area contributed by atoms with Gasteiger partial charge in [-0.2, -0.15) is 0 Å². The second-order valence-electron chi connectivity index (χ2n) is 7.92. The number of aliphatic imine (C=N–C) groups is 1. The van der Waals surface area contributed by atoms with Gasteiger partial charge in [-0.25, -0.2) is 13.4 Å². The fourth-order valence-electron chi connectivity index (χ4n) is 3.96. The SMILES string of the molecule is C/C=C(\C=C/COCCC1CC1C1CCN(C(N)=N/C=C(\C)Cl)CC1)S(C)(=O)=O. The minimum Gasteiger partial charge on any atom is -0.377 e. The lowest BCUT2D eigenvalue weighted by molar-refractivity contribution is 0.150. The quantitative estimate of drug-likeness (QED) is 0.254. The highest BCUT2D eigenvalue weighted by Gasteiger charge is 2.43. The number of ether oxygens (including phenoxy) is 1. The Morgan fingerprint density at radius 2 is 2.03 bits per heavy atom. The second kappa shape index (κ2) is 11.2. The van der Waals surface area contributed by atoms with Gasteiger partial charge in [0.05, 0.1) is 11.5 Å². The highest BCUT2D eigenvalue weighted by atomic mass is 35.5. The van der Waals surface area contributed by atoms with Gasteiger partial charge >= 0.3 is 0 Å². The lowest BCUT2D eigenvalue weighted by atomic mass is 9.90. The van der Waals surface area contributed by atoms with E-state index in [1.165, 1.54) is 12.7 Å². The first kappa shape index (κ1) is 24.0. The molecule has 0 aromatic heterocycles. The summed E-state index contributed by atoms with van der Waals surface area (Å²) in [4.78, 5) is 6.67. The zero-order valence-corrected chi connectivity index (χ0v) is 19.3. The number of guanidine groups is 1. The van der Waals surface area contributed by atoms with Crippen molar-refractivity contribution in [3.8, 4) is 0 Å². The van der Waals surface area contributed by atoms with Crippen LogP contribution in [0.25, 0.3) is 0 Å². The Hall–Kier alpha value is -1.31. The molecule has 0 amide bonds. The summed E-state index contributed by atoms with van der Waals surface area (Å²) in [7, 11) is -3.16. The molecule has 164 valence electrons. The van der Waals surface area contributed by atoms with Crippen molar-refractivity contribution in [2.75, 3.05) is 32.6 Å². The largest absolute Gasteiger partial charge is 0.377 e. The van der Waals surface area contributed by atoms with Crippen molar-refractivity contribution >= 4 is 27.4 Å². The molecule has 0 aromatic rings. The van der Waals surface area contributed by atoms with E-state index in [1.807, 2.05) is 0 Å². The monoisotopic (exact) mass is 443 g/mol. The van der Waals surface area contributed by atoms with Crippen molar-refractivity contribution in [1.29, 1.82) is 0 Å². The summed E-state index contributed by atoms with van der Waals surface area (Å²) >= 11 is 5.80. The molecule has 1 saturated heterocycles. The normalized spacial score (nSPS) is 25.1. The number of hydrogen-bond acceptors (Lipinski definition) is 4. The molecule has 2 unspecified atom stereocenters. The standard InChI is InChI=1S/C21H34ClN3O3S/c1-4-19(29(3,26)27)6-5-12-28-13-9-18-14-20(18)17-7-10-25(11-8-17)21(23)24-15-16(2)22/h4-6,15,17-18,20H,7-14H2,1-3H3,(H2,23,24)/b6-5-,16-15+,19-4+. The molecule has 2 N–H and O–H groups in total. The summed E-state index contributed by atoms with van der Waals surface area (Å²) in [6.45, 7) is 6.57. The molecule has 2 aliphatic rings. The zero-order chi connectivity index (χ0) is 21.4. The van der Waals surface area contributed by atoms with Crippen LogP contribution in [0, 0.1) is 17.8 Å². The predicted octanol–water partition coefficient (Wildman–Crippen LogP) is 3.66. The Morgan fingerprint density at radius 3 is 2.62 bits per heavy atom. The number of piperidine rings is 1. The molecule has 0 bridgehead atoms. The molecule has 0 aromatic carbocycles. The molecule has 0 spiro atoms. The third kappa shape index (κ3) is 8.15. The maximum atomic E-state index is 11.5. The van der Waals surface area contributed by atoms with Crippen LogP contribution in [-0.2, 0) is 14.6 Å². The molecular formula is C21H34ClN3O3S. The number of hydrogen-bond donors (Lipinski definition) is 1. The lowest BCUT2D eigenvalue weighted by Gasteiger charge is -2.32. The van der Waals surface area contributed by atoms with Crippen molar-refractivity contribution in [2.45, 2.75) is 39.5 Å². The van der Waals surface area contributed by atoms with Crippen LogP contribution in [0.1, 0.15) is 39.5 Å². The number of nitrogens with two attached hydrogens (primary N) is 1. The second-order valence-corrected chi connectivity index (χ2v) is 10.5. The number of rotatable bonds is 9. The Kier molecular flexibility index (Phi) is 9.24. The van der Waals surface area contributed by atoms with Gasteiger partial charge in [-0.3, -0.25) is 0 Å².